The average molecular weight is 318 g/mol. The summed E-state index contributed by atoms with van der Waals surface area (Å²) < 4.78 is 10.7. The molecule has 3 N–H and O–H groups in total. The summed E-state index contributed by atoms with van der Waals surface area (Å²) in [5.74, 6) is 1.27. The lowest BCUT2D eigenvalue weighted by Gasteiger charge is -2.22. The fourth-order valence-corrected chi connectivity index (χ4v) is 2.14. The molecule has 2 aromatic rings. The topological polar surface area (TPSA) is 83.7 Å². The van der Waals surface area contributed by atoms with Crippen molar-refractivity contribution in [2.75, 3.05) is 18.5 Å². The maximum absolute atomic E-state index is 12.0. The second-order valence-corrected chi connectivity index (χ2v) is 5.49. The van der Waals surface area contributed by atoms with Gasteiger partial charge in [0.05, 0.1) is 24.2 Å². The normalized spacial score (nSPS) is 13.2. The molecule has 0 bridgehead atoms. The molecular weight excluding hydrogens is 296 g/mol. The van der Waals surface area contributed by atoms with E-state index in [-0.39, 0.29) is 6.54 Å². The first-order valence-corrected chi connectivity index (χ1v) is 7.51. The molecule has 2 amide bonds. The number of anilines is 1. The largest absolute Gasteiger partial charge is 0.492 e. The van der Waals surface area contributed by atoms with Crippen LogP contribution in [0.15, 0.2) is 47.1 Å². The van der Waals surface area contributed by atoms with Gasteiger partial charge in [-0.1, -0.05) is 12.1 Å². The van der Waals surface area contributed by atoms with Crippen LogP contribution in [-0.4, -0.2) is 29.9 Å². The number of para-hydroxylation sites is 2. The van der Waals surface area contributed by atoms with Crippen LogP contribution in [0, 0.1) is 0 Å². The molecule has 1 atom stereocenters. The van der Waals surface area contributed by atoms with Gasteiger partial charge in [0.1, 0.15) is 11.5 Å². The lowest BCUT2D eigenvalue weighted by molar-refractivity contribution is 0.0577. The van der Waals surface area contributed by atoms with Gasteiger partial charge in [0.15, 0.2) is 0 Å². The summed E-state index contributed by atoms with van der Waals surface area (Å²) in [7, 11) is 0. The lowest BCUT2D eigenvalue weighted by Crippen LogP contribution is -2.43. The Kier molecular flexibility index (Phi) is 5.65. The van der Waals surface area contributed by atoms with E-state index in [4.69, 9.17) is 9.15 Å². The van der Waals surface area contributed by atoms with Gasteiger partial charge in [-0.05, 0) is 38.1 Å². The fourth-order valence-electron chi connectivity index (χ4n) is 2.14. The molecule has 0 spiro atoms. The van der Waals surface area contributed by atoms with E-state index in [0.717, 1.165) is 0 Å². The Hall–Kier alpha value is -2.47. The lowest BCUT2D eigenvalue weighted by atomic mass is 10.0. The van der Waals surface area contributed by atoms with Crippen LogP contribution < -0.4 is 15.4 Å². The van der Waals surface area contributed by atoms with Gasteiger partial charge in [0.2, 0.25) is 0 Å². The van der Waals surface area contributed by atoms with Crippen LogP contribution in [0.4, 0.5) is 10.5 Å². The van der Waals surface area contributed by atoms with E-state index < -0.39 is 11.6 Å². The van der Waals surface area contributed by atoms with Crippen molar-refractivity contribution in [2.45, 2.75) is 25.9 Å². The molecule has 124 valence electrons. The van der Waals surface area contributed by atoms with Gasteiger partial charge in [-0.3, -0.25) is 0 Å². The first-order chi connectivity index (χ1) is 11.0. The predicted molar refractivity (Wildman–Crippen MR) is 87.7 cm³/mol. The third kappa shape index (κ3) is 5.34. The summed E-state index contributed by atoms with van der Waals surface area (Å²) in [5.41, 5.74) is -0.522. The van der Waals surface area contributed by atoms with Crippen LogP contribution in [0.2, 0.25) is 0 Å². The number of benzene rings is 1. The summed E-state index contributed by atoms with van der Waals surface area (Å²) in [6.45, 7) is 4.13. The molecule has 0 aliphatic heterocycles. The van der Waals surface area contributed by atoms with Crippen LogP contribution in [0.5, 0.6) is 5.75 Å². The summed E-state index contributed by atoms with van der Waals surface area (Å²) in [4.78, 5) is 12.0. The number of nitrogens with one attached hydrogen (secondary N) is 2. The molecule has 0 saturated heterocycles. The van der Waals surface area contributed by atoms with Crippen molar-refractivity contribution in [3.63, 3.8) is 0 Å². The molecule has 1 heterocycles. The molecule has 0 aliphatic carbocycles. The summed E-state index contributed by atoms with van der Waals surface area (Å²) in [5, 5.41) is 15.7. The van der Waals surface area contributed by atoms with Crippen LogP contribution in [0.1, 0.15) is 19.6 Å². The maximum atomic E-state index is 12.0. The van der Waals surface area contributed by atoms with E-state index in [2.05, 4.69) is 10.6 Å². The molecule has 0 unspecified atom stereocenters. The maximum Gasteiger partial charge on any atom is 0.319 e. The molecule has 6 heteroatoms. The number of amides is 2. The van der Waals surface area contributed by atoms with Crippen molar-refractivity contribution in [1.29, 1.82) is 0 Å². The molecule has 0 fully saturated rings. The van der Waals surface area contributed by atoms with Crippen LogP contribution >= 0.6 is 0 Å². The number of furan rings is 1. The van der Waals surface area contributed by atoms with E-state index >= 15 is 0 Å². The number of carbonyl (C=O) groups excluding carboxylic acids is 1. The van der Waals surface area contributed by atoms with E-state index in [1.807, 2.05) is 19.1 Å². The Morgan fingerprint density at radius 3 is 2.78 bits per heavy atom. The number of urea groups is 1. The Bertz CT molecular complexity index is 623. The monoisotopic (exact) mass is 318 g/mol. The van der Waals surface area contributed by atoms with Gasteiger partial charge < -0.3 is 24.9 Å². The molecule has 2 rings (SSSR count). The molecule has 0 saturated carbocycles. The van der Waals surface area contributed by atoms with Gasteiger partial charge in [-0.15, -0.1) is 0 Å². The smallest absolute Gasteiger partial charge is 0.319 e. The van der Waals surface area contributed by atoms with Gasteiger partial charge in [-0.2, -0.15) is 0 Å². The van der Waals surface area contributed by atoms with Crippen LogP contribution in [-0.2, 0) is 6.42 Å². The fraction of sp³-hybridized carbons (Fsp3) is 0.353. The second-order valence-electron chi connectivity index (χ2n) is 5.49. The van der Waals surface area contributed by atoms with Gasteiger partial charge in [0, 0.05) is 13.0 Å². The Morgan fingerprint density at radius 2 is 2.09 bits per heavy atom. The highest BCUT2D eigenvalue weighted by Gasteiger charge is 2.23. The predicted octanol–water partition coefficient (Wildman–Crippen LogP) is 2.79. The molecular formula is C17H22N2O4. The molecule has 0 aliphatic rings. The first-order valence-electron chi connectivity index (χ1n) is 7.51. The number of hydrogen-bond donors (Lipinski definition) is 3. The summed E-state index contributed by atoms with van der Waals surface area (Å²) in [6.07, 6.45) is 1.87. The van der Waals surface area contributed by atoms with E-state index in [1.54, 1.807) is 37.5 Å². The third-order valence-corrected chi connectivity index (χ3v) is 3.20. The highest BCUT2D eigenvalue weighted by Crippen LogP contribution is 2.23. The van der Waals surface area contributed by atoms with E-state index in [1.165, 1.54) is 0 Å². The molecule has 1 aromatic heterocycles. The zero-order chi connectivity index (χ0) is 16.7. The highest BCUT2D eigenvalue weighted by molar-refractivity contribution is 5.90. The minimum absolute atomic E-state index is 0.0936. The quantitative estimate of drug-likeness (QED) is 0.733. The number of rotatable bonds is 7. The van der Waals surface area contributed by atoms with Crippen molar-refractivity contribution >= 4 is 11.7 Å². The third-order valence-electron chi connectivity index (χ3n) is 3.20. The average Bonchev–Trinajstić information content (AvgIpc) is 3.00. The number of aliphatic hydroxyl groups is 1. The Morgan fingerprint density at radius 1 is 1.30 bits per heavy atom. The van der Waals surface area contributed by atoms with Gasteiger partial charge in [-0.25, -0.2) is 4.79 Å². The molecule has 23 heavy (non-hydrogen) atoms. The standard InChI is InChI=1S/C17H22N2O4/c1-3-22-15-9-5-4-8-14(15)19-16(20)18-12-17(2,21)11-13-7-6-10-23-13/h4-10,21H,3,11-12H2,1-2H3,(H2,18,19,20)/t17-/m0/s1. The van der Waals surface area contributed by atoms with E-state index in [0.29, 0.717) is 30.2 Å². The van der Waals surface area contributed by atoms with Crippen molar-refractivity contribution in [3.8, 4) is 5.75 Å². The number of carbonyl (C=O) groups is 1. The Balaban J connectivity index is 1.87. The van der Waals surface area contributed by atoms with Crippen molar-refractivity contribution < 1.29 is 19.1 Å². The summed E-state index contributed by atoms with van der Waals surface area (Å²) >= 11 is 0. The SMILES string of the molecule is CCOc1ccccc1NC(=O)NC[C@@](C)(O)Cc1ccco1. The van der Waals surface area contributed by atoms with Crippen molar-refractivity contribution in [1.82, 2.24) is 5.32 Å². The van der Waals surface area contributed by atoms with Gasteiger partial charge >= 0.3 is 6.03 Å². The van der Waals surface area contributed by atoms with Crippen LogP contribution in [0.25, 0.3) is 0 Å². The van der Waals surface area contributed by atoms with Crippen molar-refractivity contribution in [2.24, 2.45) is 0 Å². The summed E-state index contributed by atoms with van der Waals surface area (Å²) in [6, 6.07) is 10.3. The van der Waals surface area contributed by atoms with Crippen molar-refractivity contribution in [3.05, 3.63) is 48.4 Å². The molecule has 0 radical (unpaired) electrons. The zero-order valence-electron chi connectivity index (χ0n) is 13.3. The highest BCUT2D eigenvalue weighted by atomic mass is 16.5. The Labute approximate surface area is 135 Å². The zero-order valence-corrected chi connectivity index (χ0v) is 13.3. The van der Waals surface area contributed by atoms with Gasteiger partial charge in [0.25, 0.3) is 0 Å². The minimum atomic E-state index is -1.10. The number of hydrogen-bond acceptors (Lipinski definition) is 4. The molecule has 1 aromatic carbocycles. The minimum Gasteiger partial charge on any atom is -0.492 e. The second kappa shape index (κ2) is 7.69. The molecule has 6 nitrogen and oxygen atoms in total. The van der Waals surface area contributed by atoms with Crippen LogP contribution in [0.3, 0.4) is 0 Å². The number of ether oxygens (including phenoxy) is 1. The first kappa shape index (κ1) is 16.9. The van der Waals surface area contributed by atoms with E-state index in [9.17, 15) is 9.90 Å².